The summed E-state index contributed by atoms with van der Waals surface area (Å²) in [7, 11) is 1.21. The first-order valence-electron chi connectivity index (χ1n) is 9.03. The summed E-state index contributed by atoms with van der Waals surface area (Å²) in [5.41, 5.74) is -0.210. The van der Waals surface area contributed by atoms with Gasteiger partial charge in [0.25, 0.3) is 0 Å². The third-order valence-corrected chi connectivity index (χ3v) is 6.15. The van der Waals surface area contributed by atoms with Crippen molar-refractivity contribution in [2.45, 2.75) is 38.0 Å². The molecular formula is C21H20F4O. The molecule has 138 valence electrons. The Kier molecular flexibility index (Phi) is 4.41. The predicted octanol–water partition coefficient (Wildman–Crippen LogP) is 6.21. The van der Waals surface area contributed by atoms with Gasteiger partial charge in [0, 0.05) is 11.1 Å². The molecule has 5 heteroatoms. The standard InChI is InChI=1S/C21H20F4O/c1-26-17-10-9-16(20(24)21(17)25)15-8-7-14(18(22)19(15)23)13-6-5-11-3-2-4-12(11)13/h7-13H,2-6H2,1H3. The molecule has 0 radical (unpaired) electrons. The molecular weight excluding hydrogens is 344 g/mol. The molecule has 0 aliphatic heterocycles. The van der Waals surface area contributed by atoms with Crippen LogP contribution >= 0.6 is 0 Å². The van der Waals surface area contributed by atoms with Crippen molar-refractivity contribution in [1.82, 2.24) is 0 Å². The molecule has 0 N–H and O–H groups in total. The van der Waals surface area contributed by atoms with E-state index >= 15 is 0 Å². The number of benzene rings is 2. The quantitative estimate of drug-likeness (QED) is 0.588. The van der Waals surface area contributed by atoms with E-state index in [0.717, 1.165) is 25.7 Å². The fraction of sp³-hybridized carbons (Fsp3) is 0.429. The molecule has 0 bridgehead atoms. The maximum atomic E-state index is 14.8. The largest absolute Gasteiger partial charge is 0.494 e. The molecule has 3 atom stereocenters. The van der Waals surface area contributed by atoms with Crippen LogP contribution < -0.4 is 4.74 Å². The summed E-state index contributed by atoms with van der Waals surface area (Å²) in [4.78, 5) is 0. The molecule has 0 spiro atoms. The van der Waals surface area contributed by atoms with Crippen LogP contribution in [0.3, 0.4) is 0 Å². The van der Waals surface area contributed by atoms with Gasteiger partial charge in [-0.05, 0) is 54.7 Å². The van der Waals surface area contributed by atoms with E-state index in [4.69, 9.17) is 4.74 Å². The van der Waals surface area contributed by atoms with Crippen LogP contribution in [-0.4, -0.2) is 7.11 Å². The zero-order valence-electron chi connectivity index (χ0n) is 14.5. The van der Waals surface area contributed by atoms with Gasteiger partial charge in [-0.25, -0.2) is 13.2 Å². The summed E-state index contributed by atoms with van der Waals surface area (Å²) in [6.45, 7) is 0. The molecule has 2 fully saturated rings. The van der Waals surface area contributed by atoms with E-state index in [1.165, 1.54) is 31.7 Å². The van der Waals surface area contributed by atoms with E-state index in [2.05, 4.69) is 0 Å². The Balaban J connectivity index is 1.74. The average Bonchev–Trinajstić information content (AvgIpc) is 3.24. The van der Waals surface area contributed by atoms with Gasteiger partial charge >= 0.3 is 0 Å². The first-order valence-corrected chi connectivity index (χ1v) is 9.03. The molecule has 0 heterocycles. The Bertz CT molecular complexity index is 848. The van der Waals surface area contributed by atoms with Crippen LogP contribution in [0, 0.1) is 35.1 Å². The van der Waals surface area contributed by atoms with Crippen LogP contribution in [0.5, 0.6) is 5.75 Å². The number of methoxy groups -OCH3 is 1. The van der Waals surface area contributed by atoms with Gasteiger partial charge in [-0.1, -0.05) is 25.0 Å². The Morgan fingerprint density at radius 3 is 2.19 bits per heavy atom. The fourth-order valence-electron chi connectivity index (χ4n) is 4.90. The Morgan fingerprint density at radius 1 is 0.769 bits per heavy atom. The van der Waals surface area contributed by atoms with Gasteiger partial charge in [-0.15, -0.1) is 0 Å². The molecule has 0 saturated heterocycles. The Hall–Kier alpha value is -2.04. The normalized spacial score (nSPS) is 24.7. The highest BCUT2D eigenvalue weighted by Crippen LogP contribution is 2.52. The van der Waals surface area contributed by atoms with E-state index in [0.29, 0.717) is 17.4 Å². The van der Waals surface area contributed by atoms with Crippen molar-refractivity contribution in [2.24, 2.45) is 11.8 Å². The summed E-state index contributed by atoms with van der Waals surface area (Å²) >= 11 is 0. The summed E-state index contributed by atoms with van der Waals surface area (Å²) in [6, 6.07) is 5.32. The van der Waals surface area contributed by atoms with Gasteiger partial charge in [0.05, 0.1) is 7.11 Å². The van der Waals surface area contributed by atoms with E-state index < -0.39 is 23.3 Å². The molecule has 2 aromatic carbocycles. The molecule has 0 aromatic heterocycles. The van der Waals surface area contributed by atoms with Crippen LogP contribution in [0.15, 0.2) is 24.3 Å². The molecule has 0 amide bonds. The van der Waals surface area contributed by atoms with E-state index in [-0.39, 0.29) is 22.8 Å². The van der Waals surface area contributed by atoms with E-state index in [9.17, 15) is 17.6 Å². The van der Waals surface area contributed by atoms with Gasteiger partial charge in [-0.2, -0.15) is 4.39 Å². The molecule has 2 aliphatic carbocycles. The Morgan fingerprint density at radius 2 is 1.46 bits per heavy atom. The number of rotatable bonds is 3. The average molecular weight is 364 g/mol. The lowest BCUT2D eigenvalue weighted by molar-refractivity contribution is 0.372. The van der Waals surface area contributed by atoms with Gasteiger partial charge in [0.15, 0.2) is 23.2 Å². The molecule has 26 heavy (non-hydrogen) atoms. The van der Waals surface area contributed by atoms with E-state index in [1.807, 2.05) is 0 Å². The van der Waals surface area contributed by atoms with Crippen molar-refractivity contribution < 1.29 is 22.3 Å². The number of hydrogen-bond donors (Lipinski definition) is 0. The minimum Gasteiger partial charge on any atom is -0.494 e. The van der Waals surface area contributed by atoms with Crippen LogP contribution in [0.25, 0.3) is 11.1 Å². The number of hydrogen-bond acceptors (Lipinski definition) is 1. The zero-order chi connectivity index (χ0) is 18.4. The molecule has 2 saturated carbocycles. The van der Waals surface area contributed by atoms with Gasteiger partial charge in [0.1, 0.15) is 0 Å². The highest BCUT2D eigenvalue weighted by atomic mass is 19.2. The van der Waals surface area contributed by atoms with Crippen molar-refractivity contribution >= 4 is 0 Å². The monoisotopic (exact) mass is 364 g/mol. The van der Waals surface area contributed by atoms with Crippen LogP contribution in [0.4, 0.5) is 17.6 Å². The summed E-state index contributed by atoms with van der Waals surface area (Å²) in [5.74, 6) is -3.75. The third-order valence-electron chi connectivity index (χ3n) is 6.15. The molecule has 3 unspecified atom stereocenters. The minimum atomic E-state index is -1.24. The van der Waals surface area contributed by atoms with Crippen molar-refractivity contribution in [3.05, 3.63) is 53.1 Å². The molecule has 2 aliphatic rings. The topological polar surface area (TPSA) is 9.23 Å². The molecule has 2 aromatic rings. The van der Waals surface area contributed by atoms with Crippen molar-refractivity contribution in [3.63, 3.8) is 0 Å². The summed E-state index contributed by atoms with van der Waals surface area (Å²) in [5, 5.41) is 0. The molecule has 4 rings (SSSR count). The second kappa shape index (κ2) is 6.60. The van der Waals surface area contributed by atoms with Crippen LogP contribution in [0.2, 0.25) is 0 Å². The maximum absolute atomic E-state index is 14.8. The lowest BCUT2D eigenvalue weighted by Gasteiger charge is -2.20. The highest BCUT2D eigenvalue weighted by Gasteiger charge is 2.41. The highest BCUT2D eigenvalue weighted by molar-refractivity contribution is 5.66. The lowest BCUT2D eigenvalue weighted by Crippen LogP contribution is -2.11. The second-order valence-corrected chi connectivity index (χ2v) is 7.31. The SMILES string of the molecule is COc1ccc(-c2ccc(C3CCC4CCCC43)c(F)c2F)c(F)c1F. The number of fused-ring (bicyclic) bond motifs is 1. The second-order valence-electron chi connectivity index (χ2n) is 7.31. The predicted molar refractivity (Wildman–Crippen MR) is 91.1 cm³/mol. The Labute approximate surface area is 150 Å². The lowest BCUT2D eigenvalue weighted by atomic mass is 9.85. The smallest absolute Gasteiger partial charge is 0.201 e. The van der Waals surface area contributed by atoms with Gasteiger partial charge < -0.3 is 4.74 Å². The van der Waals surface area contributed by atoms with Crippen molar-refractivity contribution in [3.8, 4) is 16.9 Å². The van der Waals surface area contributed by atoms with Gasteiger partial charge in [-0.3, -0.25) is 0 Å². The summed E-state index contributed by atoms with van der Waals surface area (Å²) in [6.07, 6.45) is 5.27. The minimum absolute atomic E-state index is 0.0171. The van der Waals surface area contributed by atoms with Crippen molar-refractivity contribution in [2.75, 3.05) is 7.11 Å². The number of ether oxygens (including phenoxy) is 1. The summed E-state index contributed by atoms with van der Waals surface area (Å²) < 4.78 is 62.5. The van der Waals surface area contributed by atoms with Crippen molar-refractivity contribution in [1.29, 1.82) is 0 Å². The molecule has 1 nitrogen and oxygen atoms in total. The van der Waals surface area contributed by atoms with Gasteiger partial charge in [0.2, 0.25) is 5.82 Å². The van der Waals surface area contributed by atoms with Crippen LogP contribution in [0.1, 0.15) is 43.6 Å². The number of halogens is 4. The van der Waals surface area contributed by atoms with Crippen LogP contribution in [-0.2, 0) is 0 Å². The van der Waals surface area contributed by atoms with E-state index in [1.54, 1.807) is 6.07 Å². The fourth-order valence-corrected chi connectivity index (χ4v) is 4.90. The zero-order valence-corrected chi connectivity index (χ0v) is 14.5. The third kappa shape index (κ3) is 2.60. The first-order chi connectivity index (χ1) is 12.5. The maximum Gasteiger partial charge on any atom is 0.201 e. The first kappa shape index (κ1) is 17.4.